The Bertz CT molecular complexity index is 1080. The molecule has 0 saturated carbocycles. The molecule has 2 aromatic heterocycles. The number of hydrogen-bond acceptors (Lipinski definition) is 4. The van der Waals surface area contributed by atoms with Gasteiger partial charge in [-0.15, -0.1) is 0 Å². The first-order chi connectivity index (χ1) is 12.3. The first kappa shape index (κ1) is 16.5. The highest BCUT2D eigenvalue weighted by Gasteiger charge is 2.38. The quantitative estimate of drug-likeness (QED) is 0.691. The van der Waals surface area contributed by atoms with Crippen LogP contribution in [0.15, 0.2) is 30.6 Å². The number of imide groups is 1. The lowest BCUT2D eigenvalue weighted by Crippen LogP contribution is -2.29. The summed E-state index contributed by atoms with van der Waals surface area (Å²) in [6.45, 7) is -0.314. The van der Waals surface area contributed by atoms with E-state index >= 15 is 0 Å². The van der Waals surface area contributed by atoms with Crippen molar-refractivity contribution >= 4 is 34.4 Å². The molecule has 0 aliphatic carbocycles. The smallest absolute Gasteiger partial charge is 0.270 e. The lowest BCUT2D eigenvalue weighted by Gasteiger charge is -2.16. The molecule has 0 bridgehead atoms. The van der Waals surface area contributed by atoms with Gasteiger partial charge in [0.05, 0.1) is 39.8 Å². The highest BCUT2D eigenvalue weighted by molar-refractivity contribution is 6.31. The topological polar surface area (TPSA) is 79.0 Å². The third kappa shape index (κ3) is 2.43. The molecule has 1 aliphatic rings. The summed E-state index contributed by atoms with van der Waals surface area (Å²) in [5.41, 5.74) is -0.315. The number of amides is 2. The second-order valence-electron chi connectivity index (χ2n) is 5.69. The minimum atomic E-state index is -4.64. The zero-order chi connectivity index (χ0) is 18.6. The first-order valence-electron chi connectivity index (χ1n) is 7.31. The molecule has 0 unspecified atom stereocenters. The number of nitrogens with one attached hydrogen (secondary N) is 1. The molecule has 0 fully saturated rings. The molecule has 132 valence electrons. The number of carbonyl (C=O) groups is 2. The van der Waals surface area contributed by atoms with E-state index < -0.39 is 28.6 Å². The van der Waals surface area contributed by atoms with E-state index in [1.807, 2.05) is 0 Å². The van der Waals surface area contributed by atoms with E-state index in [1.54, 1.807) is 0 Å². The summed E-state index contributed by atoms with van der Waals surface area (Å²) in [5, 5.41) is 6.32. The van der Waals surface area contributed by atoms with Gasteiger partial charge in [0.25, 0.3) is 11.8 Å². The maximum absolute atomic E-state index is 13.0. The number of benzene rings is 1. The van der Waals surface area contributed by atoms with Crippen LogP contribution in [-0.2, 0) is 12.7 Å². The van der Waals surface area contributed by atoms with Gasteiger partial charge in [-0.05, 0) is 17.7 Å². The van der Waals surface area contributed by atoms with Crippen LogP contribution in [0.5, 0.6) is 0 Å². The summed E-state index contributed by atoms with van der Waals surface area (Å²) < 4.78 is 39.0. The van der Waals surface area contributed by atoms with Crippen LogP contribution in [-0.4, -0.2) is 31.9 Å². The number of carbonyl (C=O) groups excluding carboxylic acids is 2. The lowest BCUT2D eigenvalue weighted by atomic mass is 10.1. The number of hydrogen-bond donors (Lipinski definition) is 1. The number of rotatable bonds is 2. The average molecular weight is 381 g/mol. The molecule has 3 aromatic rings. The standard InChI is InChI=1S/C16H8ClF3N4O2/c17-11-2-1-7(3-10(11)16(18,19)20)6-24-14(25)9-4-21-13-8(5-22-23-13)12(9)15(24)26/h1-5H,6H2,(H,21,22,23). The monoisotopic (exact) mass is 380 g/mol. The number of nitrogens with zero attached hydrogens (tertiary/aromatic N) is 3. The number of H-pyrrole nitrogens is 1. The van der Waals surface area contributed by atoms with Gasteiger partial charge in [-0.3, -0.25) is 19.6 Å². The molecule has 3 heterocycles. The maximum atomic E-state index is 13.0. The molecule has 2 amide bonds. The summed E-state index contributed by atoms with van der Waals surface area (Å²) in [5.74, 6) is -1.23. The molecule has 26 heavy (non-hydrogen) atoms. The van der Waals surface area contributed by atoms with Crippen molar-refractivity contribution in [1.29, 1.82) is 0 Å². The van der Waals surface area contributed by atoms with E-state index in [-0.39, 0.29) is 23.2 Å². The van der Waals surface area contributed by atoms with Crippen LogP contribution < -0.4 is 0 Å². The summed E-state index contributed by atoms with van der Waals surface area (Å²) in [6, 6.07) is 3.26. The average Bonchev–Trinajstić information content (AvgIpc) is 3.14. The van der Waals surface area contributed by atoms with Gasteiger partial charge in [0.15, 0.2) is 5.65 Å². The highest BCUT2D eigenvalue weighted by atomic mass is 35.5. The van der Waals surface area contributed by atoms with Crippen LogP contribution in [0.1, 0.15) is 31.8 Å². The maximum Gasteiger partial charge on any atom is 0.417 e. The van der Waals surface area contributed by atoms with Gasteiger partial charge in [0, 0.05) is 6.20 Å². The van der Waals surface area contributed by atoms with E-state index in [9.17, 15) is 22.8 Å². The summed E-state index contributed by atoms with van der Waals surface area (Å²) >= 11 is 5.59. The van der Waals surface area contributed by atoms with Gasteiger partial charge in [0.1, 0.15) is 0 Å². The molecule has 4 rings (SSSR count). The molecule has 0 spiro atoms. The number of aromatic amines is 1. The van der Waals surface area contributed by atoms with Crippen molar-refractivity contribution in [2.45, 2.75) is 12.7 Å². The molecule has 1 aromatic carbocycles. The molecule has 6 nitrogen and oxygen atoms in total. The predicted molar refractivity (Wildman–Crippen MR) is 84.5 cm³/mol. The van der Waals surface area contributed by atoms with E-state index in [2.05, 4.69) is 15.2 Å². The van der Waals surface area contributed by atoms with E-state index in [0.717, 1.165) is 17.0 Å². The fourth-order valence-corrected chi connectivity index (χ4v) is 3.10. The lowest BCUT2D eigenvalue weighted by molar-refractivity contribution is -0.137. The minimum absolute atomic E-state index is 0.0916. The van der Waals surface area contributed by atoms with Gasteiger partial charge in [0.2, 0.25) is 0 Å². The molecular formula is C16H8ClF3N4O2. The van der Waals surface area contributed by atoms with Crippen LogP contribution in [0.2, 0.25) is 5.02 Å². The summed E-state index contributed by atoms with van der Waals surface area (Å²) in [7, 11) is 0. The second-order valence-corrected chi connectivity index (χ2v) is 6.09. The van der Waals surface area contributed by atoms with Crippen molar-refractivity contribution in [3.8, 4) is 0 Å². The van der Waals surface area contributed by atoms with Crippen molar-refractivity contribution in [1.82, 2.24) is 20.1 Å². The third-order valence-corrected chi connectivity index (χ3v) is 4.42. The highest BCUT2D eigenvalue weighted by Crippen LogP contribution is 2.36. The van der Waals surface area contributed by atoms with Gasteiger partial charge < -0.3 is 0 Å². The van der Waals surface area contributed by atoms with Crippen LogP contribution >= 0.6 is 11.6 Å². The Morgan fingerprint density at radius 3 is 2.65 bits per heavy atom. The van der Waals surface area contributed by atoms with Crippen molar-refractivity contribution in [3.63, 3.8) is 0 Å². The Labute approximate surface area is 148 Å². The van der Waals surface area contributed by atoms with Crippen LogP contribution in [0.4, 0.5) is 13.2 Å². The number of halogens is 4. The van der Waals surface area contributed by atoms with Crippen molar-refractivity contribution in [2.24, 2.45) is 0 Å². The third-order valence-electron chi connectivity index (χ3n) is 4.09. The van der Waals surface area contributed by atoms with Crippen molar-refractivity contribution in [3.05, 3.63) is 57.9 Å². The van der Waals surface area contributed by atoms with Crippen molar-refractivity contribution < 1.29 is 22.8 Å². The minimum Gasteiger partial charge on any atom is -0.270 e. The fraction of sp³-hybridized carbons (Fsp3) is 0.125. The molecule has 1 N–H and O–H groups in total. The first-order valence-corrected chi connectivity index (χ1v) is 7.69. The Kier molecular flexibility index (Phi) is 3.52. The second kappa shape index (κ2) is 5.53. The molecule has 0 saturated heterocycles. The van der Waals surface area contributed by atoms with Crippen molar-refractivity contribution in [2.75, 3.05) is 0 Å². The number of aromatic nitrogens is 3. The Morgan fingerprint density at radius 2 is 1.92 bits per heavy atom. The SMILES string of the molecule is O=C1c2cnc3[nH]ncc3c2C(=O)N1Cc1ccc(Cl)c(C(F)(F)F)c1. The van der Waals surface area contributed by atoms with Gasteiger partial charge >= 0.3 is 6.18 Å². The zero-order valence-electron chi connectivity index (χ0n) is 12.8. The fourth-order valence-electron chi connectivity index (χ4n) is 2.88. The van der Waals surface area contributed by atoms with Gasteiger partial charge in [-0.1, -0.05) is 17.7 Å². The van der Waals surface area contributed by atoms with Gasteiger partial charge in [-0.25, -0.2) is 4.98 Å². The van der Waals surface area contributed by atoms with E-state index in [0.29, 0.717) is 11.0 Å². The molecular weight excluding hydrogens is 373 g/mol. The predicted octanol–water partition coefficient (Wildman–Crippen LogP) is 3.43. The van der Waals surface area contributed by atoms with Crippen LogP contribution in [0, 0.1) is 0 Å². The van der Waals surface area contributed by atoms with Gasteiger partial charge in [-0.2, -0.15) is 18.3 Å². The van der Waals surface area contributed by atoms with Crippen LogP contribution in [0.3, 0.4) is 0 Å². The number of fused-ring (bicyclic) bond motifs is 3. The van der Waals surface area contributed by atoms with Crippen LogP contribution in [0.25, 0.3) is 11.0 Å². The largest absolute Gasteiger partial charge is 0.417 e. The summed E-state index contributed by atoms with van der Waals surface area (Å²) in [4.78, 5) is 30.1. The molecule has 0 atom stereocenters. The normalized spacial score (nSPS) is 14.4. The Hall–Kier alpha value is -2.94. The number of pyridine rings is 1. The van der Waals surface area contributed by atoms with E-state index in [4.69, 9.17) is 11.6 Å². The number of alkyl halides is 3. The van der Waals surface area contributed by atoms with E-state index in [1.165, 1.54) is 18.5 Å². The molecule has 0 radical (unpaired) electrons. The zero-order valence-corrected chi connectivity index (χ0v) is 13.5. The molecule has 10 heteroatoms. The summed E-state index contributed by atoms with van der Waals surface area (Å²) in [6.07, 6.45) is -2.01. The Balaban J connectivity index is 1.72. The Morgan fingerprint density at radius 1 is 1.15 bits per heavy atom. The molecule has 1 aliphatic heterocycles.